The fourth-order valence-corrected chi connectivity index (χ4v) is 1.02. The van der Waals surface area contributed by atoms with E-state index in [-0.39, 0.29) is 12.8 Å². The first-order valence-electron chi connectivity index (χ1n) is 3.21. The Bertz CT molecular complexity index is 145. The summed E-state index contributed by atoms with van der Waals surface area (Å²) in [6.07, 6.45) is -2.93. The highest BCUT2D eigenvalue weighted by atomic mass is 16.3. The lowest BCUT2D eigenvalue weighted by Crippen LogP contribution is -2.45. The summed E-state index contributed by atoms with van der Waals surface area (Å²) < 4.78 is 0. The highest BCUT2D eigenvalue weighted by Gasteiger charge is 2.34. The molecule has 0 heterocycles. The molecule has 0 bridgehead atoms. The molecule has 3 N–H and O–H groups in total. The highest BCUT2D eigenvalue weighted by molar-refractivity contribution is 5.88. The van der Waals surface area contributed by atoms with Crippen LogP contribution < -0.4 is 0 Å². The van der Waals surface area contributed by atoms with E-state index in [1.54, 1.807) is 0 Å². The van der Waals surface area contributed by atoms with E-state index in [4.69, 9.17) is 15.3 Å². The van der Waals surface area contributed by atoms with Crippen molar-refractivity contribution in [2.24, 2.45) is 0 Å². The molecule has 1 saturated carbocycles. The first-order valence-corrected chi connectivity index (χ1v) is 3.21. The van der Waals surface area contributed by atoms with Crippen LogP contribution in [0.3, 0.4) is 0 Å². The van der Waals surface area contributed by atoms with Crippen molar-refractivity contribution in [3.63, 3.8) is 0 Å². The third kappa shape index (κ3) is 1.18. The molecule has 1 aliphatic rings. The van der Waals surface area contributed by atoms with E-state index in [1.165, 1.54) is 0 Å². The van der Waals surface area contributed by atoms with Gasteiger partial charge in [-0.05, 0) is 12.8 Å². The molecule has 10 heavy (non-hydrogen) atoms. The van der Waals surface area contributed by atoms with Gasteiger partial charge in [0, 0.05) is 0 Å². The average Bonchev–Trinajstić information content (AvgIpc) is 1.93. The second-order valence-corrected chi connectivity index (χ2v) is 2.51. The van der Waals surface area contributed by atoms with Gasteiger partial charge in [-0.3, -0.25) is 4.79 Å². The molecular weight excluding hydrogens is 136 g/mol. The maximum absolute atomic E-state index is 10.7. The predicted molar refractivity (Wildman–Crippen MR) is 32.3 cm³/mol. The molecule has 58 valence electrons. The minimum absolute atomic E-state index is 0.247. The summed E-state index contributed by atoms with van der Waals surface area (Å²) in [6, 6.07) is 0. The van der Waals surface area contributed by atoms with Crippen LogP contribution in [-0.4, -0.2) is 39.4 Å². The van der Waals surface area contributed by atoms with Crippen molar-refractivity contribution in [1.82, 2.24) is 0 Å². The van der Waals surface area contributed by atoms with Gasteiger partial charge in [-0.15, -0.1) is 0 Å². The van der Waals surface area contributed by atoms with E-state index < -0.39 is 24.1 Å². The van der Waals surface area contributed by atoms with E-state index in [0.717, 1.165) is 0 Å². The van der Waals surface area contributed by atoms with Gasteiger partial charge in [0.2, 0.25) is 0 Å². The van der Waals surface area contributed by atoms with Gasteiger partial charge in [-0.25, -0.2) is 0 Å². The number of aliphatic hydroxyl groups is 3. The zero-order valence-electron chi connectivity index (χ0n) is 5.40. The van der Waals surface area contributed by atoms with E-state index in [9.17, 15) is 4.79 Å². The molecule has 4 nitrogen and oxygen atoms in total. The molecule has 0 amide bonds. The first kappa shape index (κ1) is 7.65. The molecule has 3 unspecified atom stereocenters. The molecule has 4 heteroatoms. The van der Waals surface area contributed by atoms with Crippen LogP contribution in [0.4, 0.5) is 0 Å². The van der Waals surface area contributed by atoms with E-state index in [1.807, 2.05) is 0 Å². The number of Topliss-reactive ketones (excluding diaryl/α,β-unsaturated/α-hetero) is 1. The summed E-state index contributed by atoms with van der Waals surface area (Å²) in [5.74, 6) is -0.668. The van der Waals surface area contributed by atoms with Crippen LogP contribution in [0.25, 0.3) is 0 Å². The van der Waals surface area contributed by atoms with Crippen molar-refractivity contribution in [2.75, 3.05) is 0 Å². The minimum atomic E-state index is -1.39. The Morgan fingerprint density at radius 2 is 1.80 bits per heavy atom. The molecule has 1 rings (SSSR count). The second kappa shape index (κ2) is 2.65. The number of aliphatic hydroxyl groups excluding tert-OH is 3. The quantitative estimate of drug-likeness (QED) is 0.386. The summed E-state index contributed by atoms with van der Waals surface area (Å²) in [4.78, 5) is 10.7. The third-order valence-corrected chi connectivity index (χ3v) is 1.72. The number of hydrogen-bond acceptors (Lipinski definition) is 4. The van der Waals surface area contributed by atoms with Crippen LogP contribution in [-0.2, 0) is 4.79 Å². The molecule has 0 radical (unpaired) electrons. The lowest BCUT2D eigenvalue weighted by atomic mass is 9.91. The first-order chi connectivity index (χ1) is 4.63. The Morgan fingerprint density at radius 3 is 2.30 bits per heavy atom. The maximum atomic E-state index is 10.7. The van der Waals surface area contributed by atoms with Crippen LogP contribution in [0.2, 0.25) is 0 Å². The Morgan fingerprint density at radius 1 is 1.20 bits per heavy atom. The van der Waals surface area contributed by atoms with Crippen molar-refractivity contribution < 1.29 is 20.1 Å². The minimum Gasteiger partial charge on any atom is -0.390 e. The predicted octanol–water partition coefficient (Wildman–Crippen LogP) is -1.57. The van der Waals surface area contributed by atoms with Gasteiger partial charge >= 0.3 is 0 Å². The van der Waals surface area contributed by atoms with Crippen LogP contribution >= 0.6 is 0 Å². The molecule has 0 aliphatic heterocycles. The van der Waals surface area contributed by atoms with E-state index in [2.05, 4.69) is 0 Å². The van der Waals surface area contributed by atoms with Crippen molar-refractivity contribution >= 4 is 5.78 Å². The van der Waals surface area contributed by atoms with Gasteiger partial charge in [0.25, 0.3) is 0 Å². The highest BCUT2D eigenvalue weighted by Crippen LogP contribution is 2.15. The Kier molecular flexibility index (Phi) is 2.03. The smallest absolute Gasteiger partial charge is 0.192 e. The average molecular weight is 146 g/mol. The zero-order valence-corrected chi connectivity index (χ0v) is 5.40. The number of carbonyl (C=O) groups is 1. The molecule has 0 aromatic rings. The molecule has 0 spiro atoms. The SMILES string of the molecule is O=C1C(O)CCC(O)C1O. The van der Waals surface area contributed by atoms with Gasteiger partial charge in [-0.2, -0.15) is 0 Å². The normalized spacial score (nSPS) is 41.9. The van der Waals surface area contributed by atoms with Crippen molar-refractivity contribution in [3.8, 4) is 0 Å². The van der Waals surface area contributed by atoms with E-state index in [0.29, 0.717) is 0 Å². The number of rotatable bonds is 0. The largest absolute Gasteiger partial charge is 0.390 e. The number of ketones is 1. The molecule has 3 atom stereocenters. The lowest BCUT2D eigenvalue weighted by Gasteiger charge is -2.25. The summed E-state index contributed by atoms with van der Waals surface area (Å²) in [6.45, 7) is 0. The standard InChI is InChI=1S/C6H10O4/c7-3-1-2-4(8)6(10)5(3)9/h3-5,7-9H,1-2H2. The van der Waals surface area contributed by atoms with Crippen LogP contribution in [0.1, 0.15) is 12.8 Å². The van der Waals surface area contributed by atoms with Gasteiger partial charge in [0.05, 0.1) is 6.10 Å². The van der Waals surface area contributed by atoms with Crippen molar-refractivity contribution in [2.45, 2.75) is 31.2 Å². The Labute approximate surface area is 58.1 Å². The topological polar surface area (TPSA) is 77.8 Å². The summed E-state index contributed by atoms with van der Waals surface area (Å²) in [5.41, 5.74) is 0. The second-order valence-electron chi connectivity index (χ2n) is 2.51. The molecule has 0 aromatic carbocycles. The van der Waals surface area contributed by atoms with Crippen LogP contribution in [0.15, 0.2) is 0 Å². The lowest BCUT2D eigenvalue weighted by molar-refractivity contribution is -0.147. The summed E-state index contributed by atoms with van der Waals surface area (Å²) >= 11 is 0. The molecule has 1 fully saturated rings. The Hall–Kier alpha value is -0.450. The molecular formula is C6H10O4. The van der Waals surface area contributed by atoms with Crippen molar-refractivity contribution in [1.29, 1.82) is 0 Å². The molecule has 1 aliphatic carbocycles. The molecule has 0 saturated heterocycles. The van der Waals surface area contributed by atoms with Gasteiger partial charge in [0.1, 0.15) is 12.2 Å². The van der Waals surface area contributed by atoms with E-state index >= 15 is 0 Å². The summed E-state index contributed by atoms with van der Waals surface area (Å²) in [5, 5.41) is 26.6. The maximum Gasteiger partial charge on any atom is 0.192 e. The van der Waals surface area contributed by atoms with Gasteiger partial charge in [-0.1, -0.05) is 0 Å². The van der Waals surface area contributed by atoms with Crippen LogP contribution in [0, 0.1) is 0 Å². The van der Waals surface area contributed by atoms with Gasteiger partial charge in [0.15, 0.2) is 5.78 Å². The number of carbonyl (C=O) groups excluding carboxylic acids is 1. The van der Waals surface area contributed by atoms with Gasteiger partial charge < -0.3 is 15.3 Å². The summed E-state index contributed by atoms with van der Waals surface area (Å²) in [7, 11) is 0. The number of hydrogen-bond donors (Lipinski definition) is 3. The third-order valence-electron chi connectivity index (χ3n) is 1.72. The molecule has 0 aromatic heterocycles. The van der Waals surface area contributed by atoms with Crippen LogP contribution in [0.5, 0.6) is 0 Å². The fourth-order valence-electron chi connectivity index (χ4n) is 1.02. The zero-order chi connectivity index (χ0) is 7.72. The Balaban J connectivity index is 2.60. The fraction of sp³-hybridized carbons (Fsp3) is 0.833. The monoisotopic (exact) mass is 146 g/mol. The van der Waals surface area contributed by atoms with Crippen molar-refractivity contribution in [3.05, 3.63) is 0 Å².